The minimum Gasteiger partial charge on any atom is -0.354 e. The van der Waals surface area contributed by atoms with Crippen molar-refractivity contribution in [2.75, 3.05) is 18.5 Å². The molecular formula is C24H25ClN2O5S. The van der Waals surface area contributed by atoms with Crippen LogP contribution in [0.2, 0.25) is 5.02 Å². The predicted molar refractivity (Wildman–Crippen MR) is 128 cm³/mol. The molecule has 2 atom stereocenters. The first-order valence-electron chi connectivity index (χ1n) is 10.3. The standard InChI is InChI=1S/C24H25ClN2O5S/c1-3-32-24(33(30,31)21-12-10-19(25)11-13-21)14-5-4-9-22(24)26-16-23(29)27-20-8-6-7-18(15-20)17(2)28/h4-15,22,26H,3,16H2,1-2H3,(H,27,29). The van der Waals surface area contributed by atoms with Crippen LogP contribution in [0.4, 0.5) is 5.69 Å². The van der Waals surface area contributed by atoms with E-state index in [1.54, 1.807) is 49.4 Å². The maximum atomic E-state index is 13.6. The van der Waals surface area contributed by atoms with Crippen LogP contribution in [0.15, 0.2) is 77.7 Å². The molecule has 33 heavy (non-hydrogen) atoms. The highest BCUT2D eigenvalue weighted by Gasteiger charge is 2.50. The Morgan fingerprint density at radius 1 is 1.12 bits per heavy atom. The van der Waals surface area contributed by atoms with Crippen LogP contribution < -0.4 is 10.6 Å². The van der Waals surface area contributed by atoms with E-state index in [0.29, 0.717) is 16.3 Å². The van der Waals surface area contributed by atoms with Crippen LogP contribution in [0.3, 0.4) is 0 Å². The van der Waals surface area contributed by atoms with Crippen LogP contribution in [-0.4, -0.2) is 44.2 Å². The molecular weight excluding hydrogens is 464 g/mol. The quantitative estimate of drug-likeness (QED) is 0.521. The summed E-state index contributed by atoms with van der Waals surface area (Å²) in [5.74, 6) is -0.509. The second-order valence-corrected chi connectivity index (χ2v) is 9.95. The summed E-state index contributed by atoms with van der Waals surface area (Å²) in [6.45, 7) is 3.10. The van der Waals surface area contributed by atoms with Crippen LogP contribution >= 0.6 is 11.6 Å². The molecule has 2 unspecified atom stereocenters. The molecule has 174 valence electrons. The molecule has 0 saturated carbocycles. The van der Waals surface area contributed by atoms with Gasteiger partial charge in [-0.1, -0.05) is 42.0 Å². The molecule has 0 aliphatic heterocycles. The minimum atomic E-state index is -4.02. The second kappa shape index (κ2) is 10.4. The zero-order valence-electron chi connectivity index (χ0n) is 18.2. The van der Waals surface area contributed by atoms with E-state index in [9.17, 15) is 18.0 Å². The number of hydrogen-bond acceptors (Lipinski definition) is 6. The second-order valence-electron chi connectivity index (χ2n) is 7.40. The van der Waals surface area contributed by atoms with Crippen molar-refractivity contribution in [3.8, 4) is 0 Å². The number of rotatable bonds is 9. The number of hydrogen-bond donors (Lipinski definition) is 2. The molecule has 1 aliphatic carbocycles. The number of anilines is 1. The summed E-state index contributed by atoms with van der Waals surface area (Å²) in [4.78, 5) is 22.4. The number of carbonyl (C=O) groups is 2. The molecule has 2 aromatic rings. The van der Waals surface area contributed by atoms with Crippen LogP contribution in [0.1, 0.15) is 24.2 Å². The Bertz CT molecular complexity index is 1190. The number of benzene rings is 2. The number of sulfone groups is 1. The first-order chi connectivity index (χ1) is 15.7. The lowest BCUT2D eigenvalue weighted by Crippen LogP contribution is -2.57. The van der Waals surface area contributed by atoms with Crippen LogP contribution in [-0.2, 0) is 19.4 Å². The Morgan fingerprint density at radius 3 is 2.52 bits per heavy atom. The van der Waals surface area contributed by atoms with Gasteiger partial charge < -0.3 is 10.1 Å². The summed E-state index contributed by atoms with van der Waals surface area (Å²) >= 11 is 5.92. The van der Waals surface area contributed by atoms with Gasteiger partial charge in [0.05, 0.1) is 17.5 Å². The lowest BCUT2D eigenvalue weighted by Gasteiger charge is -2.38. The molecule has 1 amide bonds. The van der Waals surface area contributed by atoms with Crippen molar-refractivity contribution in [1.29, 1.82) is 0 Å². The van der Waals surface area contributed by atoms with E-state index >= 15 is 0 Å². The molecule has 7 nitrogen and oxygen atoms in total. The number of allylic oxidation sites excluding steroid dienone is 2. The number of carbonyl (C=O) groups excluding carboxylic acids is 2. The number of ether oxygens (including phenoxy) is 1. The molecule has 0 spiro atoms. The number of nitrogens with one attached hydrogen (secondary N) is 2. The maximum Gasteiger partial charge on any atom is 0.238 e. The number of halogens is 1. The highest BCUT2D eigenvalue weighted by molar-refractivity contribution is 7.93. The van der Waals surface area contributed by atoms with Crippen molar-refractivity contribution in [2.24, 2.45) is 0 Å². The van der Waals surface area contributed by atoms with Crippen molar-refractivity contribution in [1.82, 2.24) is 5.32 Å². The lowest BCUT2D eigenvalue weighted by atomic mass is 10.0. The minimum absolute atomic E-state index is 0.0533. The van der Waals surface area contributed by atoms with Gasteiger partial charge in [0.1, 0.15) is 0 Å². The molecule has 9 heteroatoms. The maximum absolute atomic E-state index is 13.6. The predicted octanol–water partition coefficient (Wildman–Crippen LogP) is 3.77. The van der Waals surface area contributed by atoms with Gasteiger partial charge in [0, 0.05) is 22.9 Å². The average Bonchev–Trinajstić information content (AvgIpc) is 2.79. The summed E-state index contributed by atoms with van der Waals surface area (Å²) in [7, 11) is -4.02. The molecule has 2 N–H and O–H groups in total. The molecule has 0 heterocycles. The Kier molecular flexibility index (Phi) is 7.86. The van der Waals surface area contributed by atoms with Crippen molar-refractivity contribution < 1.29 is 22.7 Å². The van der Waals surface area contributed by atoms with Crippen LogP contribution in [0.25, 0.3) is 0 Å². The molecule has 3 rings (SSSR count). The fourth-order valence-corrected chi connectivity index (χ4v) is 5.55. The van der Waals surface area contributed by atoms with Gasteiger partial charge in [-0.2, -0.15) is 0 Å². The molecule has 2 aromatic carbocycles. The highest BCUT2D eigenvalue weighted by atomic mass is 35.5. The topological polar surface area (TPSA) is 102 Å². The molecule has 0 radical (unpaired) electrons. The van der Waals surface area contributed by atoms with E-state index in [-0.39, 0.29) is 23.8 Å². The Labute approximate surface area is 198 Å². The van der Waals surface area contributed by atoms with E-state index in [2.05, 4.69) is 10.6 Å². The average molecular weight is 489 g/mol. The van der Waals surface area contributed by atoms with E-state index < -0.39 is 26.7 Å². The van der Waals surface area contributed by atoms with Gasteiger partial charge >= 0.3 is 0 Å². The number of Topliss-reactive ketones (excluding diaryl/α,β-unsaturated/α-hetero) is 1. The third-order valence-corrected chi connectivity index (χ3v) is 7.62. The van der Waals surface area contributed by atoms with Gasteiger partial charge in [-0.05, 0) is 56.3 Å². The van der Waals surface area contributed by atoms with Gasteiger partial charge in [0.15, 0.2) is 5.78 Å². The summed E-state index contributed by atoms with van der Waals surface area (Å²) in [5, 5.41) is 6.12. The van der Waals surface area contributed by atoms with Crippen molar-refractivity contribution in [3.05, 3.63) is 83.4 Å². The highest BCUT2D eigenvalue weighted by Crippen LogP contribution is 2.35. The van der Waals surface area contributed by atoms with Gasteiger partial charge in [0.2, 0.25) is 20.7 Å². The molecule has 0 saturated heterocycles. The molecule has 1 aliphatic rings. The monoisotopic (exact) mass is 488 g/mol. The number of amides is 1. The first-order valence-corrected chi connectivity index (χ1v) is 12.2. The normalized spacial score (nSPS) is 19.9. The zero-order chi connectivity index (χ0) is 24.1. The van der Waals surface area contributed by atoms with E-state index in [1.807, 2.05) is 0 Å². The summed E-state index contributed by atoms with van der Waals surface area (Å²) in [5.41, 5.74) is 0.948. The first kappa shape index (κ1) is 24.9. The van der Waals surface area contributed by atoms with Gasteiger partial charge in [-0.15, -0.1) is 0 Å². The Hall–Kier alpha value is -2.78. The Morgan fingerprint density at radius 2 is 1.85 bits per heavy atom. The van der Waals surface area contributed by atoms with Crippen molar-refractivity contribution in [3.63, 3.8) is 0 Å². The SMILES string of the molecule is CCOC1(S(=O)(=O)c2ccc(Cl)cc2)C=CC=CC1NCC(=O)Nc1cccc(C(C)=O)c1. The van der Waals surface area contributed by atoms with E-state index in [1.165, 1.54) is 37.3 Å². The third kappa shape index (κ3) is 5.42. The largest absolute Gasteiger partial charge is 0.354 e. The Balaban J connectivity index is 1.81. The molecule has 0 bridgehead atoms. The van der Waals surface area contributed by atoms with Gasteiger partial charge in [0.25, 0.3) is 0 Å². The van der Waals surface area contributed by atoms with Crippen molar-refractivity contribution in [2.45, 2.75) is 29.7 Å². The molecule has 0 aromatic heterocycles. The summed E-state index contributed by atoms with van der Waals surface area (Å²) in [6, 6.07) is 11.6. The van der Waals surface area contributed by atoms with Crippen LogP contribution in [0, 0.1) is 0 Å². The molecule has 0 fully saturated rings. The van der Waals surface area contributed by atoms with E-state index in [0.717, 1.165) is 0 Å². The summed E-state index contributed by atoms with van der Waals surface area (Å²) < 4.78 is 33.1. The summed E-state index contributed by atoms with van der Waals surface area (Å²) in [6.07, 6.45) is 6.42. The smallest absolute Gasteiger partial charge is 0.238 e. The lowest BCUT2D eigenvalue weighted by molar-refractivity contribution is -0.115. The fourth-order valence-electron chi connectivity index (χ4n) is 3.53. The van der Waals surface area contributed by atoms with Gasteiger partial charge in [-0.3, -0.25) is 14.9 Å². The fraction of sp³-hybridized carbons (Fsp3) is 0.250. The third-order valence-electron chi connectivity index (χ3n) is 5.13. The van der Waals surface area contributed by atoms with E-state index in [4.69, 9.17) is 16.3 Å². The number of ketones is 1. The van der Waals surface area contributed by atoms with Crippen molar-refractivity contribution >= 4 is 38.8 Å². The van der Waals surface area contributed by atoms with Gasteiger partial charge in [-0.25, -0.2) is 8.42 Å². The zero-order valence-corrected chi connectivity index (χ0v) is 19.8. The van der Waals surface area contributed by atoms with Crippen LogP contribution in [0.5, 0.6) is 0 Å².